The largest absolute Gasteiger partial charge is 0.486 e. The monoisotopic (exact) mass is 402 g/mol. The Kier molecular flexibility index (Phi) is 5.05. The molecule has 2 heterocycles. The molecule has 0 radical (unpaired) electrons. The van der Waals surface area contributed by atoms with E-state index in [1.165, 1.54) is 10.9 Å². The van der Waals surface area contributed by atoms with Gasteiger partial charge in [0.2, 0.25) is 5.91 Å². The molecule has 30 heavy (non-hydrogen) atoms. The molecule has 3 aromatic rings. The van der Waals surface area contributed by atoms with Crippen LogP contribution in [0.15, 0.2) is 60.7 Å². The molecule has 0 aliphatic carbocycles. The molecule has 1 amide bonds. The quantitative estimate of drug-likeness (QED) is 0.683. The van der Waals surface area contributed by atoms with Gasteiger partial charge in [0.05, 0.1) is 6.04 Å². The van der Waals surface area contributed by atoms with Gasteiger partial charge >= 0.3 is 0 Å². The summed E-state index contributed by atoms with van der Waals surface area (Å²) in [7, 11) is 0. The third-order valence-electron chi connectivity index (χ3n) is 6.14. The number of ether oxygens (including phenoxy) is 2. The average molecular weight is 402 g/mol. The van der Waals surface area contributed by atoms with Gasteiger partial charge in [-0.15, -0.1) is 0 Å². The van der Waals surface area contributed by atoms with Crippen LogP contribution in [0.3, 0.4) is 0 Å². The number of hydrogen-bond donors (Lipinski definition) is 1. The number of benzene rings is 3. The maximum Gasteiger partial charge on any atom is 0.241 e. The molecular formula is C25H26N2O3. The van der Waals surface area contributed by atoms with Crippen molar-refractivity contribution in [2.24, 2.45) is 0 Å². The maximum atomic E-state index is 13.0. The van der Waals surface area contributed by atoms with Crippen molar-refractivity contribution in [1.29, 1.82) is 0 Å². The van der Waals surface area contributed by atoms with Gasteiger partial charge in [0.15, 0.2) is 11.5 Å². The molecule has 154 valence electrons. The molecule has 5 rings (SSSR count). The second kappa shape index (κ2) is 8.00. The van der Waals surface area contributed by atoms with Gasteiger partial charge < -0.3 is 14.8 Å². The number of amides is 1. The van der Waals surface area contributed by atoms with Gasteiger partial charge in [0.1, 0.15) is 13.2 Å². The number of likely N-dealkylation sites (tertiary alicyclic amines) is 1. The lowest BCUT2D eigenvalue weighted by atomic mass is 10.0. The molecule has 2 atom stereocenters. The van der Waals surface area contributed by atoms with E-state index < -0.39 is 0 Å². The zero-order valence-electron chi connectivity index (χ0n) is 17.1. The van der Waals surface area contributed by atoms with Gasteiger partial charge in [-0.25, -0.2) is 0 Å². The van der Waals surface area contributed by atoms with Gasteiger partial charge in [-0.1, -0.05) is 36.4 Å². The molecule has 5 nitrogen and oxygen atoms in total. The Labute approximate surface area is 176 Å². The highest BCUT2D eigenvalue weighted by molar-refractivity contribution is 5.97. The standard InChI is InChI=1S/C25H26N2O3/c1-17(25(28)26-21-10-8-18-5-2-3-6-19(18)15-21)27-12-4-7-22(27)20-9-11-23-24(16-20)30-14-13-29-23/h2-3,5-6,8-11,15-17,22H,4,7,12-14H2,1H3,(H,26,28)/t17-,22-/m1/s1. The first-order valence-electron chi connectivity index (χ1n) is 10.6. The van der Waals surface area contributed by atoms with E-state index in [-0.39, 0.29) is 18.0 Å². The second-order valence-corrected chi connectivity index (χ2v) is 8.03. The van der Waals surface area contributed by atoms with Crippen LogP contribution in [0.1, 0.15) is 31.4 Å². The van der Waals surface area contributed by atoms with Crippen molar-refractivity contribution < 1.29 is 14.3 Å². The summed E-state index contributed by atoms with van der Waals surface area (Å²) < 4.78 is 11.4. The number of anilines is 1. The second-order valence-electron chi connectivity index (χ2n) is 8.03. The summed E-state index contributed by atoms with van der Waals surface area (Å²) in [4.78, 5) is 15.3. The van der Waals surface area contributed by atoms with Crippen LogP contribution in [0.2, 0.25) is 0 Å². The highest BCUT2D eigenvalue weighted by Crippen LogP contribution is 2.39. The Morgan fingerprint density at radius 2 is 1.80 bits per heavy atom. The van der Waals surface area contributed by atoms with E-state index in [2.05, 4.69) is 34.5 Å². The highest BCUT2D eigenvalue weighted by Gasteiger charge is 2.33. The molecular weight excluding hydrogens is 376 g/mol. The number of carbonyl (C=O) groups is 1. The van der Waals surface area contributed by atoms with Gasteiger partial charge in [0.25, 0.3) is 0 Å². The zero-order chi connectivity index (χ0) is 20.5. The molecule has 2 aliphatic heterocycles. The van der Waals surface area contributed by atoms with E-state index >= 15 is 0 Å². The topological polar surface area (TPSA) is 50.8 Å². The van der Waals surface area contributed by atoms with Crippen LogP contribution in [0.5, 0.6) is 11.5 Å². The fraction of sp³-hybridized carbons (Fsp3) is 0.320. The molecule has 5 heteroatoms. The molecule has 1 fully saturated rings. The smallest absolute Gasteiger partial charge is 0.241 e. The van der Waals surface area contributed by atoms with E-state index in [0.29, 0.717) is 13.2 Å². The average Bonchev–Trinajstić information content (AvgIpc) is 3.28. The SMILES string of the molecule is C[C@H](C(=O)Nc1ccc2ccccc2c1)N1CCC[C@@H]1c1ccc2c(c1)OCCO2. The fourth-order valence-electron chi connectivity index (χ4n) is 4.54. The predicted molar refractivity (Wildman–Crippen MR) is 118 cm³/mol. The van der Waals surface area contributed by atoms with Crippen LogP contribution in [0, 0.1) is 0 Å². The Bertz CT molecular complexity index is 1080. The normalized spacial score (nSPS) is 19.6. The molecule has 0 aromatic heterocycles. The maximum absolute atomic E-state index is 13.0. The van der Waals surface area contributed by atoms with Crippen molar-refractivity contribution in [2.75, 3.05) is 25.1 Å². The molecule has 1 saturated heterocycles. The Morgan fingerprint density at radius 1 is 1.00 bits per heavy atom. The number of fused-ring (bicyclic) bond motifs is 2. The molecule has 1 N–H and O–H groups in total. The molecule has 0 saturated carbocycles. The molecule has 0 unspecified atom stereocenters. The van der Waals surface area contributed by atoms with Crippen LogP contribution in [-0.2, 0) is 4.79 Å². The van der Waals surface area contributed by atoms with Crippen molar-refractivity contribution >= 4 is 22.4 Å². The van der Waals surface area contributed by atoms with Crippen molar-refractivity contribution in [3.05, 3.63) is 66.2 Å². The van der Waals surface area contributed by atoms with Crippen LogP contribution in [0.25, 0.3) is 10.8 Å². The lowest BCUT2D eigenvalue weighted by Gasteiger charge is -2.31. The van der Waals surface area contributed by atoms with Gasteiger partial charge in [-0.05, 0) is 66.9 Å². The first kappa shape index (κ1) is 18.9. The number of carbonyl (C=O) groups excluding carboxylic acids is 1. The van der Waals surface area contributed by atoms with Crippen molar-refractivity contribution in [3.63, 3.8) is 0 Å². The number of nitrogens with one attached hydrogen (secondary N) is 1. The first-order chi connectivity index (χ1) is 14.7. The van der Waals surface area contributed by atoms with Gasteiger partial charge in [-0.2, -0.15) is 0 Å². The van der Waals surface area contributed by atoms with E-state index in [1.54, 1.807) is 0 Å². The number of rotatable bonds is 4. The first-order valence-corrected chi connectivity index (χ1v) is 10.6. The lowest BCUT2D eigenvalue weighted by molar-refractivity contribution is -0.121. The van der Waals surface area contributed by atoms with Gasteiger partial charge in [-0.3, -0.25) is 9.69 Å². The summed E-state index contributed by atoms with van der Waals surface area (Å²) >= 11 is 0. The summed E-state index contributed by atoms with van der Waals surface area (Å²) in [5, 5.41) is 5.40. The summed E-state index contributed by atoms with van der Waals surface area (Å²) in [5.41, 5.74) is 2.02. The van der Waals surface area contributed by atoms with E-state index in [9.17, 15) is 4.79 Å². The summed E-state index contributed by atoms with van der Waals surface area (Å²) in [6, 6.07) is 20.4. The van der Waals surface area contributed by atoms with Crippen molar-refractivity contribution in [2.45, 2.75) is 31.8 Å². The summed E-state index contributed by atoms with van der Waals surface area (Å²) in [6.45, 7) is 4.07. The predicted octanol–water partition coefficient (Wildman–Crippen LogP) is 4.78. The van der Waals surface area contributed by atoms with Crippen LogP contribution >= 0.6 is 0 Å². The molecule has 0 bridgehead atoms. The van der Waals surface area contributed by atoms with E-state index in [1.807, 2.05) is 43.3 Å². The Morgan fingerprint density at radius 3 is 2.67 bits per heavy atom. The Balaban J connectivity index is 1.32. The van der Waals surface area contributed by atoms with E-state index in [0.717, 1.165) is 42.0 Å². The van der Waals surface area contributed by atoms with Crippen LogP contribution in [-0.4, -0.2) is 36.6 Å². The van der Waals surface area contributed by atoms with Crippen molar-refractivity contribution in [1.82, 2.24) is 4.90 Å². The minimum atomic E-state index is -0.225. The third kappa shape index (κ3) is 3.61. The highest BCUT2D eigenvalue weighted by atomic mass is 16.6. The minimum Gasteiger partial charge on any atom is -0.486 e. The minimum absolute atomic E-state index is 0.0229. The number of hydrogen-bond acceptors (Lipinski definition) is 4. The van der Waals surface area contributed by atoms with Crippen LogP contribution in [0.4, 0.5) is 5.69 Å². The van der Waals surface area contributed by atoms with E-state index in [4.69, 9.17) is 9.47 Å². The molecule has 0 spiro atoms. The van der Waals surface area contributed by atoms with Gasteiger partial charge in [0, 0.05) is 11.7 Å². The number of nitrogens with zero attached hydrogens (tertiary/aromatic N) is 1. The summed E-state index contributed by atoms with van der Waals surface area (Å²) in [5.74, 6) is 1.63. The fourth-order valence-corrected chi connectivity index (χ4v) is 4.54. The summed E-state index contributed by atoms with van der Waals surface area (Å²) in [6.07, 6.45) is 2.11. The van der Waals surface area contributed by atoms with Crippen LogP contribution < -0.4 is 14.8 Å². The third-order valence-corrected chi connectivity index (χ3v) is 6.14. The molecule has 3 aromatic carbocycles. The zero-order valence-corrected chi connectivity index (χ0v) is 17.1. The lowest BCUT2D eigenvalue weighted by Crippen LogP contribution is -2.41. The molecule has 2 aliphatic rings. The Hall–Kier alpha value is -3.05. The van der Waals surface area contributed by atoms with Crippen molar-refractivity contribution in [3.8, 4) is 11.5 Å².